The first-order valence-electron chi connectivity index (χ1n) is 9.24. The van der Waals surface area contributed by atoms with Crippen molar-refractivity contribution in [1.82, 2.24) is 19.9 Å². The molecule has 0 saturated carbocycles. The molecule has 3 aromatic rings. The summed E-state index contributed by atoms with van der Waals surface area (Å²) in [6.07, 6.45) is 0. The molecule has 0 atom stereocenters. The van der Waals surface area contributed by atoms with Crippen LogP contribution in [0.15, 0.2) is 53.1 Å². The molecule has 1 aliphatic heterocycles. The lowest BCUT2D eigenvalue weighted by molar-refractivity contribution is 0.112. The van der Waals surface area contributed by atoms with Crippen LogP contribution in [0.3, 0.4) is 0 Å². The minimum absolute atomic E-state index is 0.660. The van der Waals surface area contributed by atoms with Crippen LogP contribution in [0, 0.1) is 6.92 Å². The Kier molecular flexibility index (Phi) is 5.53. The van der Waals surface area contributed by atoms with Gasteiger partial charge in [-0.3, -0.25) is 9.80 Å². The van der Waals surface area contributed by atoms with Crippen molar-refractivity contribution in [2.24, 2.45) is 0 Å². The van der Waals surface area contributed by atoms with E-state index in [1.54, 1.807) is 0 Å². The Morgan fingerprint density at radius 3 is 2.44 bits per heavy atom. The molecule has 0 bridgehead atoms. The summed E-state index contributed by atoms with van der Waals surface area (Å²) in [7, 11) is 0. The van der Waals surface area contributed by atoms with Crippen LogP contribution < -0.4 is 0 Å². The van der Waals surface area contributed by atoms with E-state index in [0.29, 0.717) is 18.3 Å². The van der Waals surface area contributed by atoms with Gasteiger partial charge in [0.15, 0.2) is 0 Å². The van der Waals surface area contributed by atoms with E-state index in [1.807, 2.05) is 30.3 Å². The SMILES string of the molecule is Cc1cccc(-c2noc(CN3CCN(Cc4cccc(Cl)c4)CC3)n2)c1. The number of rotatable bonds is 5. The molecule has 2 aromatic carbocycles. The first kappa shape index (κ1) is 18.2. The molecule has 0 spiro atoms. The summed E-state index contributed by atoms with van der Waals surface area (Å²) in [5.74, 6) is 1.34. The fourth-order valence-corrected chi connectivity index (χ4v) is 3.62. The molecule has 4 rings (SSSR count). The Morgan fingerprint density at radius 2 is 1.70 bits per heavy atom. The van der Waals surface area contributed by atoms with Crippen molar-refractivity contribution in [1.29, 1.82) is 0 Å². The Balaban J connectivity index is 1.31. The zero-order valence-electron chi connectivity index (χ0n) is 15.4. The molecular formula is C21H23ClN4O. The van der Waals surface area contributed by atoms with Gasteiger partial charge in [-0.1, -0.05) is 52.7 Å². The third-order valence-corrected chi connectivity index (χ3v) is 5.10. The highest BCUT2D eigenvalue weighted by molar-refractivity contribution is 6.30. The molecule has 27 heavy (non-hydrogen) atoms. The zero-order valence-corrected chi connectivity index (χ0v) is 16.2. The van der Waals surface area contributed by atoms with Gasteiger partial charge >= 0.3 is 0 Å². The maximum atomic E-state index is 6.08. The Morgan fingerprint density at radius 1 is 0.963 bits per heavy atom. The monoisotopic (exact) mass is 382 g/mol. The number of aryl methyl sites for hydroxylation is 1. The van der Waals surface area contributed by atoms with Gasteiger partial charge in [0.25, 0.3) is 0 Å². The van der Waals surface area contributed by atoms with Crippen molar-refractivity contribution in [3.8, 4) is 11.4 Å². The maximum Gasteiger partial charge on any atom is 0.241 e. The first-order chi connectivity index (χ1) is 13.2. The lowest BCUT2D eigenvalue weighted by Gasteiger charge is -2.33. The van der Waals surface area contributed by atoms with Gasteiger partial charge in [-0.25, -0.2) is 0 Å². The van der Waals surface area contributed by atoms with E-state index in [9.17, 15) is 0 Å². The van der Waals surface area contributed by atoms with E-state index >= 15 is 0 Å². The number of aromatic nitrogens is 2. The summed E-state index contributed by atoms with van der Waals surface area (Å²) in [4.78, 5) is 9.38. The summed E-state index contributed by atoms with van der Waals surface area (Å²) >= 11 is 6.08. The van der Waals surface area contributed by atoms with E-state index < -0.39 is 0 Å². The Labute approximate surface area is 164 Å². The molecule has 0 N–H and O–H groups in total. The number of piperazine rings is 1. The summed E-state index contributed by atoms with van der Waals surface area (Å²) < 4.78 is 5.47. The average molecular weight is 383 g/mol. The molecule has 1 saturated heterocycles. The minimum atomic E-state index is 0.660. The molecule has 0 amide bonds. The van der Waals surface area contributed by atoms with Crippen molar-refractivity contribution in [3.05, 3.63) is 70.6 Å². The van der Waals surface area contributed by atoms with Crippen molar-refractivity contribution in [3.63, 3.8) is 0 Å². The van der Waals surface area contributed by atoms with E-state index in [-0.39, 0.29) is 0 Å². The van der Waals surface area contributed by atoms with Gasteiger partial charge in [0.1, 0.15) is 0 Å². The smallest absolute Gasteiger partial charge is 0.241 e. The number of hydrogen-bond donors (Lipinski definition) is 0. The van der Waals surface area contributed by atoms with Crippen LogP contribution in [0.1, 0.15) is 17.0 Å². The quantitative estimate of drug-likeness (QED) is 0.667. The van der Waals surface area contributed by atoms with Crippen LogP contribution in [0.4, 0.5) is 0 Å². The molecule has 6 heteroatoms. The maximum absolute atomic E-state index is 6.08. The van der Waals surface area contributed by atoms with Crippen molar-refractivity contribution in [2.75, 3.05) is 26.2 Å². The molecule has 2 heterocycles. The molecule has 0 aliphatic carbocycles. The fourth-order valence-electron chi connectivity index (χ4n) is 3.41. The van der Waals surface area contributed by atoms with E-state index in [0.717, 1.165) is 43.3 Å². The summed E-state index contributed by atoms with van der Waals surface area (Å²) in [5.41, 5.74) is 3.45. The average Bonchev–Trinajstić information content (AvgIpc) is 3.12. The minimum Gasteiger partial charge on any atom is -0.338 e. The van der Waals surface area contributed by atoms with Crippen LogP contribution in [0.25, 0.3) is 11.4 Å². The fraction of sp³-hybridized carbons (Fsp3) is 0.333. The van der Waals surface area contributed by atoms with Crippen LogP contribution in [0.5, 0.6) is 0 Å². The lowest BCUT2D eigenvalue weighted by Crippen LogP contribution is -2.45. The van der Waals surface area contributed by atoms with Gasteiger partial charge in [-0.05, 0) is 30.7 Å². The highest BCUT2D eigenvalue weighted by Crippen LogP contribution is 2.18. The van der Waals surface area contributed by atoms with Gasteiger partial charge < -0.3 is 4.52 Å². The van der Waals surface area contributed by atoms with Crippen LogP contribution >= 0.6 is 11.6 Å². The van der Waals surface area contributed by atoms with E-state index in [2.05, 4.69) is 45.1 Å². The topological polar surface area (TPSA) is 45.4 Å². The Bertz CT molecular complexity index is 902. The van der Waals surface area contributed by atoms with Crippen LogP contribution in [-0.4, -0.2) is 46.1 Å². The highest BCUT2D eigenvalue weighted by atomic mass is 35.5. The van der Waals surface area contributed by atoms with E-state index in [4.69, 9.17) is 16.1 Å². The molecular weight excluding hydrogens is 360 g/mol. The summed E-state index contributed by atoms with van der Waals surface area (Å²) in [5, 5.41) is 4.93. The van der Waals surface area contributed by atoms with Crippen molar-refractivity contribution >= 4 is 11.6 Å². The number of nitrogens with zero attached hydrogens (tertiary/aromatic N) is 4. The number of hydrogen-bond acceptors (Lipinski definition) is 5. The predicted molar refractivity (Wildman–Crippen MR) is 106 cm³/mol. The van der Waals surface area contributed by atoms with Gasteiger partial charge in [0.2, 0.25) is 11.7 Å². The molecule has 1 aromatic heterocycles. The second-order valence-corrected chi connectivity index (χ2v) is 7.50. The van der Waals surface area contributed by atoms with E-state index in [1.165, 1.54) is 11.1 Å². The number of halogens is 1. The van der Waals surface area contributed by atoms with Crippen LogP contribution in [0.2, 0.25) is 5.02 Å². The predicted octanol–water partition coefficient (Wildman–Crippen LogP) is 4.02. The normalized spacial score (nSPS) is 15.9. The third-order valence-electron chi connectivity index (χ3n) is 4.86. The van der Waals surface area contributed by atoms with Crippen molar-refractivity contribution in [2.45, 2.75) is 20.0 Å². The molecule has 1 aliphatic rings. The third kappa shape index (κ3) is 4.75. The van der Waals surface area contributed by atoms with Crippen molar-refractivity contribution < 1.29 is 4.52 Å². The molecule has 140 valence electrons. The highest BCUT2D eigenvalue weighted by Gasteiger charge is 2.19. The second kappa shape index (κ2) is 8.21. The Hall–Kier alpha value is -2.21. The van der Waals surface area contributed by atoms with Gasteiger partial charge in [0.05, 0.1) is 6.54 Å². The molecule has 0 radical (unpaired) electrons. The first-order valence-corrected chi connectivity index (χ1v) is 9.62. The summed E-state index contributed by atoms with van der Waals surface area (Å²) in [6, 6.07) is 16.3. The standard InChI is InChI=1S/C21H23ClN4O/c1-16-4-2-6-18(12-16)21-23-20(27-24-21)15-26-10-8-25(9-11-26)14-17-5-3-7-19(22)13-17/h2-7,12-13H,8-11,14-15H2,1H3. The number of benzene rings is 2. The van der Waals surface area contributed by atoms with Gasteiger partial charge in [-0.15, -0.1) is 0 Å². The molecule has 1 fully saturated rings. The largest absolute Gasteiger partial charge is 0.338 e. The second-order valence-electron chi connectivity index (χ2n) is 7.06. The zero-order chi connectivity index (χ0) is 18.6. The van der Waals surface area contributed by atoms with Gasteiger partial charge in [-0.2, -0.15) is 4.98 Å². The van der Waals surface area contributed by atoms with Crippen LogP contribution in [-0.2, 0) is 13.1 Å². The molecule has 0 unspecified atom stereocenters. The summed E-state index contributed by atoms with van der Waals surface area (Å²) in [6.45, 7) is 7.71. The van der Waals surface area contributed by atoms with Gasteiger partial charge in [0, 0.05) is 43.3 Å². The molecule has 5 nitrogen and oxygen atoms in total. The lowest BCUT2D eigenvalue weighted by atomic mass is 10.1.